The van der Waals surface area contributed by atoms with Crippen molar-refractivity contribution in [2.45, 2.75) is 18.2 Å². The lowest BCUT2D eigenvalue weighted by Gasteiger charge is -2.24. The minimum absolute atomic E-state index is 0.0492. The molecule has 0 aliphatic carbocycles. The lowest BCUT2D eigenvalue weighted by molar-refractivity contribution is -0.118. The SMILES string of the molecule is COc1ccc(N2CCC(=O)N(C)c3cnc(Nc4ccc(S(=O)(=O)NC(C)=O)cc4)nc32)cc1. The van der Waals surface area contributed by atoms with Crippen molar-refractivity contribution in [1.82, 2.24) is 14.7 Å². The van der Waals surface area contributed by atoms with Crippen LogP contribution in [0, 0.1) is 0 Å². The van der Waals surface area contributed by atoms with Crippen molar-refractivity contribution in [1.29, 1.82) is 0 Å². The number of anilines is 5. The molecule has 0 radical (unpaired) electrons. The number of methoxy groups -OCH3 is 1. The summed E-state index contributed by atoms with van der Waals surface area (Å²) < 4.78 is 31.5. The van der Waals surface area contributed by atoms with E-state index in [1.807, 2.05) is 33.9 Å². The van der Waals surface area contributed by atoms with Crippen molar-refractivity contribution in [3.63, 3.8) is 0 Å². The number of aromatic nitrogens is 2. The van der Waals surface area contributed by atoms with Crippen LogP contribution in [0.5, 0.6) is 5.75 Å². The third-order valence-corrected chi connectivity index (χ3v) is 6.82. The first kappa shape index (κ1) is 24.0. The van der Waals surface area contributed by atoms with Crippen LogP contribution >= 0.6 is 0 Å². The van der Waals surface area contributed by atoms with Crippen LogP contribution in [0.1, 0.15) is 13.3 Å². The Morgan fingerprint density at radius 2 is 1.77 bits per heavy atom. The van der Waals surface area contributed by atoms with E-state index in [-0.39, 0.29) is 16.8 Å². The van der Waals surface area contributed by atoms with Gasteiger partial charge < -0.3 is 19.9 Å². The van der Waals surface area contributed by atoms with E-state index in [1.54, 1.807) is 32.5 Å². The highest BCUT2D eigenvalue weighted by Gasteiger charge is 2.27. The molecular formula is C23H24N6O5S. The highest BCUT2D eigenvalue weighted by molar-refractivity contribution is 7.90. The largest absolute Gasteiger partial charge is 0.497 e. The molecule has 0 unspecified atom stereocenters. The first-order chi connectivity index (χ1) is 16.7. The summed E-state index contributed by atoms with van der Waals surface area (Å²) in [6, 6.07) is 13.3. The fraction of sp³-hybridized carbons (Fsp3) is 0.217. The Labute approximate surface area is 202 Å². The summed E-state index contributed by atoms with van der Waals surface area (Å²) >= 11 is 0. The topological polar surface area (TPSA) is 134 Å². The molecule has 1 aromatic heterocycles. The van der Waals surface area contributed by atoms with Crippen molar-refractivity contribution in [3.05, 3.63) is 54.7 Å². The molecule has 3 aromatic rings. The van der Waals surface area contributed by atoms with E-state index in [4.69, 9.17) is 4.74 Å². The van der Waals surface area contributed by atoms with Gasteiger partial charge in [0.05, 0.1) is 18.2 Å². The van der Waals surface area contributed by atoms with Gasteiger partial charge in [-0.25, -0.2) is 18.1 Å². The third-order valence-electron chi connectivity index (χ3n) is 5.37. The molecule has 0 saturated carbocycles. The predicted molar refractivity (Wildman–Crippen MR) is 131 cm³/mol. The molecule has 2 aromatic carbocycles. The van der Waals surface area contributed by atoms with E-state index in [0.29, 0.717) is 35.9 Å². The lowest BCUT2D eigenvalue weighted by Crippen LogP contribution is -2.28. The van der Waals surface area contributed by atoms with Crippen molar-refractivity contribution in [2.75, 3.05) is 35.8 Å². The molecule has 4 rings (SSSR count). The molecule has 0 saturated heterocycles. The molecule has 1 aliphatic rings. The summed E-state index contributed by atoms with van der Waals surface area (Å²) in [5, 5.41) is 3.06. The number of ether oxygens (including phenoxy) is 1. The van der Waals surface area contributed by atoms with E-state index in [2.05, 4.69) is 15.3 Å². The molecular weight excluding hydrogens is 472 g/mol. The first-order valence-corrected chi connectivity index (χ1v) is 12.1. The van der Waals surface area contributed by atoms with Crippen molar-refractivity contribution in [3.8, 4) is 5.75 Å². The fourth-order valence-electron chi connectivity index (χ4n) is 3.59. The highest BCUT2D eigenvalue weighted by atomic mass is 32.2. The van der Waals surface area contributed by atoms with Gasteiger partial charge in [0.2, 0.25) is 17.8 Å². The van der Waals surface area contributed by atoms with Gasteiger partial charge in [-0.15, -0.1) is 0 Å². The van der Waals surface area contributed by atoms with Gasteiger partial charge in [-0.05, 0) is 48.5 Å². The third kappa shape index (κ3) is 5.17. The number of fused-ring (bicyclic) bond motifs is 1. The minimum atomic E-state index is -3.93. The molecule has 0 spiro atoms. The Bertz CT molecular complexity index is 1360. The number of rotatable bonds is 6. The van der Waals surface area contributed by atoms with Crippen molar-refractivity contribution >= 4 is 50.7 Å². The molecule has 12 heteroatoms. The van der Waals surface area contributed by atoms with Gasteiger partial charge in [-0.3, -0.25) is 9.59 Å². The Hall–Kier alpha value is -4.19. The predicted octanol–water partition coefficient (Wildman–Crippen LogP) is 2.56. The van der Waals surface area contributed by atoms with Crippen LogP contribution in [0.3, 0.4) is 0 Å². The maximum absolute atomic E-state index is 12.5. The molecule has 2 heterocycles. The second-order valence-electron chi connectivity index (χ2n) is 7.77. The maximum atomic E-state index is 12.5. The summed E-state index contributed by atoms with van der Waals surface area (Å²) in [5.41, 5.74) is 1.94. The van der Waals surface area contributed by atoms with Crippen LogP contribution in [0.25, 0.3) is 0 Å². The summed E-state index contributed by atoms with van der Waals surface area (Å²) in [7, 11) is -0.653. The summed E-state index contributed by atoms with van der Waals surface area (Å²) in [5.74, 6) is 0.803. The average molecular weight is 497 g/mol. The molecule has 0 bridgehead atoms. The Balaban J connectivity index is 1.65. The minimum Gasteiger partial charge on any atom is -0.497 e. The number of nitrogens with zero attached hydrogens (tertiary/aromatic N) is 4. The van der Waals surface area contributed by atoms with Gasteiger partial charge in [0.1, 0.15) is 11.4 Å². The number of sulfonamides is 1. The van der Waals surface area contributed by atoms with Crippen LogP contribution in [0.15, 0.2) is 59.6 Å². The molecule has 0 fully saturated rings. The van der Waals surface area contributed by atoms with Crippen LogP contribution in [0.4, 0.5) is 28.8 Å². The summed E-state index contributed by atoms with van der Waals surface area (Å²) in [4.78, 5) is 36.1. The van der Waals surface area contributed by atoms with E-state index in [1.165, 1.54) is 17.0 Å². The number of nitrogens with one attached hydrogen (secondary N) is 2. The normalized spacial score (nSPS) is 13.6. The van der Waals surface area contributed by atoms with Crippen molar-refractivity contribution < 1.29 is 22.7 Å². The lowest BCUT2D eigenvalue weighted by atomic mass is 10.2. The van der Waals surface area contributed by atoms with Crippen LogP contribution in [-0.4, -0.2) is 50.9 Å². The molecule has 2 amide bonds. The second-order valence-corrected chi connectivity index (χ2v) is 9.45. The second kappa shape index (κ2) is 9.58. The van der Waals surface area contributed by atoms with Crippen LogP contribution in [0.2, 0.25) is 0 Å². The zero-order valence-corrected chi connectivity index (χ0v) is 20.2. The summed E-state index contributed by atoms with van der Waals surface area (Å²) in [6.45, 7) is 1.55. The molecule has 1 aliphatic heterocycles. The molecule has 2 N–H and O–H groups in total. The maximum Gasteiger partial charge on any atom is 0.264 e. The monoisotopic (exact) mass is 496 g/mol. The van der Waals surface area contributed by atoms with Gasteiger partial charge in [0, 0.05) is 38.3 Å². The van der Waals surface area contributed by atoms with Gasteiger partial charge in [0.15, 0.2) is 5.82 Å². The molecule has 11 nitrogen and oxygen atoms in total. The Morgan fingerprint density at radius 3 is 2.40 bits per heavy atom. The van der Waals surface area contributed by atoms with Gasteiger partial charge in [-0.2, -0.15) is 4.98 Å². The quantitative estimate of drug-likeness (QED) is 0.528. The van der Waals surface area contributed by atoms with Crippen LogP contribution < -0.4 is 24.6 Å². The number of amides is 2. The van der Waals surface area contributed by atoms with Gasteiger partial charge >= 0.3 is 0 Å². The fourth-order valence-corrected chi connectivity index (χ4v) is 4.58. The Kier molecular flexibility index (Phi) is 6.56. The number of benzene rings is 2. The van der Waals surface area contributed by atoms with E-state index >= 15 is 0 Å². The average Bonchev–Trinajstić information content (AvgIpc) is 2.95. The summed E-state index contributed by atoms with van der Waals surface area (Å²) in [6.07, 6.45) is 1.87. The molecule has 35 heavy (non-hydrogen) atoms. The highest BCUT2D eigenvalue weighted by Crippen LogP contribution is 2.36. The van der Waals surface area contributed by atoms with Gasteiger partial charge in [0.25, 0.3) is 10.0 Å². The van der Waals surface area contributed by atoms with Crippen molar-refractivity contribution in [2.24, 2.45) is 0 Å². The standard InChI is InChI=1S/C23H24N6O5S/c1-15(30)27-35(32,33)19-10-4-16(5-11-19)25-23-24-14-20-22(26-23)29(13-12-21(31)28(20)2)17-6-8-18(34-3)9-7-17/h4-11,14H,12-13H2,1-3H3,(H,27,30)(H,24,25,26). The van der Waals surface area contributed by atoms with Crippen LogP contribution in [-0.2, 0) is 19.6 Å². The van der Waals surface area contributed by atoms with E-state index < -0.39 is 15.9 Å². The zero-order valence-electron chi connectivity index (χ0n) is 19.3. The molecule has 182 valence electrons. The number of carbonyl (C=O) groups excluding carboxylic acids is 2. The molecule has 0 atom stereocenters. The zero-order chi connectivity index (χ0) is 25.2. The smallest absolute Gasteiger partial charge is 0.264 e. The number of hydrogen-bond donors (Lipinski definition) is 2. The van der Waals surface area contributed by atoms with E-state index in [0.717, 1.165) is 12.6 Å². The van der Waals surface area contributed by atoms with Gasteiger partial charge in [-0.1, -0.05) is 0 Å². The first-order valence-electron chi connectivity index (χ1n) is 10.6. The number of hydrogen-bond acceptors (Lipinski definition) is 9. The Morgan fingerprint density at radius 1 is 1.09 bits per heavy atom. The number of carbonyl (C=O) groups is 2. The van der Waals surface area contributed by atoms with E-state index in [9.17, 15) is 18.0 Å².